The Morgan fingerprint density at radius 3 is 2.34 bits per heavy atom. The van der Waals surface area contributed by atoms with Crippen molar-refractivity contribution in [3.05, 3.63) is 101 Å². The van der Waals surface area contributed by atoms with E-state index in [4.69, 9.17) is 4.74 Å². The topological polar surface area (TPSA) is 79.2 Å². The Morgan fingerprint density at radius 1 is 1.00 bits per heavy atom. The normalized spacial score (nSPS) is 11.5. The molecule has 29 heavy (non-hydrogen) atoms. The van der Waals surface area contributed by atoms with Gasteiger partial charge in [-0.25, -0.2) is 12.8 Å². The molecule has 0 fully saturated rings. The number of halogens is 1. The first-order valence-electron chi connectivity index (χ1n) is 8.64. The van der Waals surface area contributed by atoms with Crippen LogP contribution in [0.25, 0.3) is 6.08 Å². The van der Waals surface area contributed by atoms with Crippen LogP contribution >= 0.6 is 0 Å². The van der Waals surface area contributed by atoms with Crippen LogP contribution in [-0.2, 0) is 16.6 Å². The Labute approximate surface area is 168 Å². The van der Waals surface area contributed by atoms with Crippen molar-refractivity contribution in [2.75, 3.05) is 4.72 Å². The van der Waals surface area contributed by atoms with Crippen LogP contribution in [0.1, 0.15) is 11.1 Å². The summed E-state index contributed by atoms with van der Waals surface area (Å²) in [6.07, 6.45) is 1.24. The van der Waals surface area contributed by atoms with Gasteiger partial charge in [0.25, 0.3) is 10.0 Å². The highest BCUT2D eigenvalue weighted by atomic mass is 32.2. The Morgan fingerprint density at radius 2 is 1.66 bits per heavy atom. The van der Waals surface area contributed by atoms with E-state index in [-0.39, 0.29) is 5.69 Å². The summed E-state index contributed by atoms with van der Waals surface area (Å²) in [5, 5.41) is 9.41. The minimum atomic E-state index is -4.15. The summed E-state index contributed by atoms with van der Waals surface area (Å²) in [5.41, 5.74) is 1.56. The second-order valence-electron chi connectivity index (χ2n) is 6.04. The van der Waals surface area contributed by atoms with Crippen LogP contribution < -0.4 is 9.46 Å². The van der Waals surface area contributed by atoms with E-state index in [0.29, 0.717) is 17.9 Å². The van der Waals surface area contributed by atoms with Crippen molar-refractivity contribution in [1.29, 1.82) is 5.26 Å². The van der Waals surface area contributed by atoms with Gasteiger partial charge in [-0.05, 0) is 42.0 Å². The fourth-order valence-electron chi connectivity index (χ4n) is 2.51. The lowest BCUT2D eigenvalue weighted by molar-refractivity contribution is 0.305. The number of hydrogen-bond acceptors (Lipinski definition) is 4. The fraction of sp³-hybridized carbons (Fsp3) is 0.0455. The van der Waals surface area contributed by atoms with Gasteiger partial charge in [0.1, 0.15) is 24.2 Å². The molecule has 5 nitrogen and oxygen atoms in total. The third-order valence-corrected chi connectivity index (χ3v) is 5.23. The monoisotopic (exact) mass is 408 g/mol. The first-order valence-corrected chi connectivity index (χ1v) is 10.1. The Bertz CT molecular complexity index is 1150. The summed E-state index contributed by atoms with van der Waals surface area (Å²) in [7, 11) is -4.15. The molecule has 0 heterocycles. The zero-order valence-electron chi connectivity index (χ0n) is 15.2. The molecule has 0 aliphatic heterocycles. The predicted molar refractivity (Wildman–Crippen MR) is 110 cm³/mol. The molecule has 0 amide bonds. The Kier molecular flexibility index (Phi) is 6.27. The number of ether oxygens (including phenoxy) is 1. The largest absolute Gasteiger partial charge is 0.488 e. The molecule has 7 heteroatoms. The number of anilines is 1. The van der Waals surface area contributed by atoms with Crippen molar-refractivity contribution in [3.8, 4) is 11.8 Å². The van der Waals surface area contributed by atoms with Crippen molar-refractivity contribution in [2.24, 2.45) is 0 Å². The quantitative estimate of drug-likeness (QED) is 0.574. The average Bonchev–Trinajstić information content (AvgIpc) is 2.73. The standard InChI is InChI=1S/C22H17FN2O3S/c23-19-10-12-20(13-11-19)25-29(26,27)21(15-24)14-18-8-4-5-9-22(18)28-16-17-6-2-1-3-7-17/h1-14,25H,16H2/b21-14-. The average molecular weight is 408 g/mol. The van der Waals surface area contributed by atoms with E-state index < -0.39 is 20.7 Å². The van der Waals surface area contributed by atoms with E-state index >= 15 is 0 Å². The molecule has 0 aliphatic carbocycles. The van der Waals surface area contributed by atoms with Crippen LogP contribution in [0.2, 0.25) is 0 Å². The molecule has 3 rings (SSSR count). The van der Waals surface area contributed by atoms with Crippen LogP contribution in [0.4, 0.5) is 10.1 Å². The minimum Gasteiger partial charge on any atom is -0.488 e. The lowest BCUT2D eigenvalue weighted by atomic mass is 10.2. The van der Waals surface area contributed by atoms with Gasteiger partial charge in [0.05, 0.1) is 0 Å². The molecule has 0 unspecified atom stereocenters. The van der Waals surface area contributed by atoms with Gasteiger partial charge < -0.3 is 4.74 Å². The number of hydrogen-bond donors (Lipinski definition) is 1. The van der Waals surface area contributed by atoms with Crippen LogP contribution in [0.3, 0.4) is 0 Å². The summed E-state index contributed by atoms with van der Waals surface area (Å²) in [6, 6.07) is 22.9. The lowest BCUT2D eigenvalue weighted by Gasteiger charge is -2.10. The van der Waals surface area contributed by atoms with Crippen molar-refractivity contribution in [2.45, 2.75) is 6.61 Å². The van der Waals surface area contributed by atoms with E-state index in [2.05, 4.69) is 4.72 Å². The molecule has 146 valence electrons. The smallest absolute Gasteiger partial charge is 0.272 e. The van der Waals surface area contributed by atoms with Gasteiger partial charge in [-0.1, -0.05) is 48.5 Å². The van der Waals surface area contributed by atoms with Gasteiger partial charge in [-0.15, -0.1) is 0 Å². The van der Waals surface area contributed by atoms with Gasteiger partial charge in [-0.2, -0.15) is 5.26 Å². The van der Waals surface area contributed by atoms with Crippen LogP contribution in [0, 0.1) is 17.1 Å². The van der Waals surface area contributed by atoms with Gasteiger partial charge in [-0.3, -0.25) is 4.72 Å². The SMILES string of the molecule is N#C/C(=C/c1ccccc1OCc1ccccc1)S(=O)(=O)Nc1ccc(F)cc1. The summed E-state index contributed by atoms with van der Waals surface area (Å²) in [6.45, 7) is 0.300. The number of para-hydroxylation sites is 1. The summed E-state index contributed by atoms with van der Waals surface area (Å²) in [4.78, 5) is -0.488. The first-order chi connectivity index (χ1) is 14.0. The molecule has 0 saturated heterocycles. The van der Waals surface area contributed by atoms with Crippen molar-refractivity contribution in [3.63, 3.8) is 0 Å². The summed E-state index contributed by atoms with van der Waals surface area (Å²) < 4.78 is 46.2. The molecule has 3 aromatic carbocycles. The highest BCUT2D eigenvalue weighted by molar-refractivity contribution is 7.96. The predicted octanol–water partition coefficient (Wildman–Crippen LogP) is 4.71. The third-order valence-electron chi connectivity index (χ3n) is 3.94. The molecular formula is C22H17FN2O3S. The molecule has 3 aromatic rings. The molecule has 1 N–H and O–H groups in total. The second kappa shape index (κ2) is 9.04. The van der Waals surface area contributed by atoms with E-state index in [9.17, 15) is 18.1 Å². The molecule has 0 radical (unpaired) electrons. The van der Waals surface area contributed by atoms with Crippen molar-refractivity contribution in [1.82, 2.24) is 0 Å². The highest BCUT2D eigenvalue weighted by Gasteiger charge is 2.18. The number of nitriles is 1. The molecule has 0 saturated carbocycles. The molecule has 0 aliphatic rings. The van der Waals surface area contributed by atoms with E-state index in [1.807, 2.05) is 30.3 Å². The van der Waals surface area contributed by atoms with Gasteiger partial charge in [0.2, 0.25) is 0 Å². The van der Waals surface area contributed by atoms with Gasteiger partial charge in [0.15, 0.2) is 4.91 Å². The summed E-state index contributed by atoms with van der Waals surface area (Å²) >= 11 is 0. The number of nitrogens with zero attached hydrogens (tertiary/aromatic N) is 1. The third kappa shape index (κ3) is 5.43. The van der Waals surface area contributed by atoms with Crippen LogP contribution in [0.5, 0.6) is 5.75 Å². The van der Waals surface area contributed by atoms with Gasteiger partial charge >= 0.3 is 0 Å². The van der Waals surface area contributed by atoms with Crippen LogP contribution in [-0.4, -0.2) is 8.42 Å². The molecule has 0 aromatic heterocycles. The maximum absolute atomic E-state index is 13.0. The number of benzene rings is 3. The van der Waals surface area contributed by atoms with Crippen molar-refractivity contribution >= 4 is 21.8 Å². The molecular weight excluding hydrogens is 391 g/mol. The van der Waals surface area contributed by atoms with Crippen LogP contribution in [0.15, 0.2) is 83.8 Å². The minimum absolute atomic E-state index is 0.154. The Balaban J connectivity index is 1.85. The van der Waals surface area contributed by atoms with Gasteiger partial charge in [0, 0.05) is 11.3 Å². The number of sulfonamides is 1. The highest BCUT2D eigenvalue weighted by Crippen LogP contribution is 2.24. The van der Waals surface area contributed by atoms with E-state index in [0.717, 1.165) is 17.7 Å². The molecule has 0 bridgehead atoms. The van der Waals surface area contributed by atoms with E-state index in [1.165, 1.54) is 18.2 Å². The maximum atomic E-state index is 13.0. The number of allylic oxidation sites excluding steroid dienone is 1. The zero-order chi connectivity index (χ0) is 20.7. The molecule has 0 spiro atoms. The summed E-state index contributed by atoms with van der Waals surface area (Å²) in [5.74, 6) is -0.0467. The first kappa shape index (κ1) is 20.1. The maximum Gasteiger partial charge on any atom is 0.272 e. The Hall–Kier alpha value is -3.63. The van der Waals surface area contributed by atoms with E-state index in [1.54, 1.807) is 30.3 Å². The lowest BCUT2D eigenvalue weighted by Crippen LogP contribution is -2.14. The number of nitrogens with one attached hydrogen (secondary N) is 1. The fourth-order valence-corrected chi connectivity index (χ4v) is 3.46. The molecule has 0 atom stereocenters. The van der Waals surface area contributed by atoms with Crippen molar-refractivity contribution < 1.29 is 17.5 Å². The second-order valence-corrected chi connectivity index (χ2v) is 7.70. The zero-order valence-corrected chi connectivity index (χ0v) is 16.1. The number of rotatable bonds is 7.